The van der Waals surface area contributed by atoms with Crippen molar-refractivity contribution in [3.05, 3.63) is 77.1 Å². The zero-order chi connectivity index (χ0) is 24.3. The SMILES string of the molecule is CC(C)(C)C(=O)/C=C(\O)C(C)(C)C.Cc1[c-]c(-c2cc(C)c3ccccc3n2)c(C)cc1.[Ir]. The molecule has 0 atom stereocenters. The molecule has 0 aliphatic rings. The zero-order valence-electron chi connectivity index (χ0n) is 21.3. The van der Waals surface area contributed by atoms with E-state index in [1.165, 1.54) is 22.6 Å². The number of carbonyl (C=O) groups is 1. The fourth-order valence-corrected chi connectivity index (χ4v) is 2.97. The zero-order valence-corrected chi connectivity index (χ0v) is 23.6. The molecular formula is C29H36IrNO2-. The van der Waals surface area contributed by atoms with E-state index in [-0.39, 0.29) is 37.1 Å². The molecule has 33 heavy (non-hydrogen) atoms. The average molecular weight is 623 g/mol. The number of para-hydroxylation sites is 1. The van der Waals surface area contributed by atoms with Gasteiger partial charge in [0.2, 0.25) is 0 Å². The average Bonchev–Trinajstić information content (AvgIpc) is 2.69. The Kier molecular flexibility index (Phi) is 9.78. The Morgan fingerprint density at radius 1 is 0.909 bits per heavy atom. The van der Waals surface area contributed by atoms with E-state index in [1.54, 1.807) is 0 Å². The number of hydrogen-bond donors (Lipinski definition) is 1. The molecule has 4 heteroatoms. The number of rotatable bonds is 2. The first-order valence-electron chi connectivity index (χ1n) is 11.0. The van der Waals surface area contributed by atoms with Gasteiger partial charge in [-0.05, 0) is 24.2 Å². The number of aliphatic hydroxyl groups excluding tert-OH is 1. The number of fused-ring (bicyclic) bond motifs is 1. The number of aromatic nitrogens is 1. The van der Waals surface area contributed by atoms with Crippen molar-refractivity contribution in [3.8, 4) is 11.3 Å². The molecule has 3 nitrogen and oxygen atoms in total. The van der Waals surface area contributed by atoms with E-state index >= 15 is 0 Å². The Hall–Kier alpha value is -2.29. The fourth-order valence-electron chi connectivity index (χ4n) is 2.97. The number of benzene rings is 2. The summed E-state index contributed by atoms with van der Waals surface area (Å²) in [5.41, 5.74) is 6.02. The summed E-state index contributed by atoms with van der Waals surface area (Å²) in [6.45, 7) is 17.4. The quantitative estimate of drug-likeness (QED) is 0.181. The summed E-state index contributed by atoms with van der Waals surface area (Å²) in [6.07, 6.45) is 1.33. The smallest absolute Gasteiger partial charge is 0.164 e. The van der Waals surface area contributed by atoms with Crippen molar-refractivity contribution in [2.24, 2.45) is 10.8 Å². The largest absolute Gasteiger partial charge is 0.512 e. The normalized spacial score (nSPS) is 12.0. The van der Waals surface area contributed by atoms with Crippen LogP contribution in [0.15, 0.2) is 54.3 Å². The number of allylic oxidation sites excluding steroid dienone is 2. The monoisotopic (exact) mass is 623 g/mol. The first-order valence-corrected chi connectivity index (χ1v) is 11.0. The van der Waals surface area contributed by atoms with Gasteiger partial charge in [0.1, 0.15) is 5.76 Å². The van der Waals surface area contributed by atoms with Crippen molar-refractivity contribution in [3.63, 3.8) is 0 Å². The third kappa shape index (κ3) is 7.91. The number of hydrogen-bond acceptors (Lipinski definition) is 3. The van der Waals surface area contributed by atoms with E-state index in [9.17, 15) is 9.90 Å². The maximum absolute atomic E-state index is 11.5. The van der Waals surface area contributed by atoms with Crippen LogP contribution in [0, 0.1) is 37.7 Å². The van der Waals surface area contributed by atoms with Gasteiger partial charge in [0.15, 0.2) is 5.78 Å². The summed E-state index contributed by atoms with van der Waals surface area (Å²) in [4.78, 5) is 16.3. The summed E-state index contributed by atoms with van der Waals surface area (Å²) in [5, 5.41) is 10.8. The topological polar surface area (TPSA) is 50.2 Å². The van der Waals surface area contributed by atoms with Gasteiger partial charge in [-0.1, -0.05) is 79.7 Å². The minimum absolute atomic E-state index is 0. The maximum Gasteiger partial charge on any atom is 0.164 e. The molecule has 1 heterocycles. The first kappa shape index (κ1) is 28.7. The molecule has 179 valence electrons. The van der Waals surface area contributed by atoms with Crippen LogP contribution in [-0.4, -0.2) is 15.9 Å². The second-order valence-corrected chi connectivity index (χ2v) is 10.4. The van der Waals surface area contributed by atoms with E-state index in [1.807, 2.05) is 47.6 Å². The third-order valence-electron chi connectivity index (χ3n) is 5.25. The molecule has 0 amide bonds. The predicted molar refractivity (Wildman–Crippen MR) is 135 cm³/mol. The Bertz CT molecular complexity index is 1150. The fraction of sp³-hybridized carbons (Fsp3) is 0.379. The van der Waals surface area contributed by atoms with Crippen LogP contribution in [0.1, 0.15) is 58.2 Å². The van der Waals surface area contributed by atoms with Crippen LogP contribution >= 0.6 is 0 Å². The number of pyridine rings is 1. The summed E-state index contributed by atoms with van der Waals surface area (Å²) >= 11 is 0. The van der Waals surface area contributed by atoms with E-state index in [0.29, 0.717) is 0 Å². The third-order valence-corrected chi connectivity index (χ3v) is 5.25. The molecule has 2 aromatic carbocycles. The molecule has 0 aliphatic heterocycles. The molecule has 0 bridgehead atoms. The van der Waals surface area contributed by atoms with Crippen LogP contribution in [0.4, 0.5) is 0 Å². The van der Waals surface area contributed by atoms with Crippen LogP contribution in [-0.2, 0) is 24.9 Å². The molecule has 0 saturated heterocycles. The minimum atomic E-state index is -0.417. The molecule has 0 aliphatic carbocycles. The Morgan fingerprint density at radius 2 is 1.52 bits per heavy atom. The molecule has 1 radical (unpaired) electrons. The van der Waals surface area contributed by atoms with Crippen LogP contribution in [0.3, 0.4) is 0 Å². The number of aryl methyl sites for hydroxylation is 3. The molecule has 1 N–H and O–H groups in total. The van der Waals surface area contributed by atoms with Gasteiger partial charge in [0.25, 0.3) is 0 Å². The van der Waals surface area contributed by atoms with Gasteiger partial charge in [-0.2, -0.15) is 0 Å². The Balaban J connectivity index is 0.000000346. The molecule has 0 saturated carbocycles. The van der Waals surface area contributed by atoms with Gasteiger partial charge in [-0.3, -0.25) is 9.78 Å². The van der Waals surface area contributed by atoms with Gasteiger partial charge in [0.05, 0.1) is 5.52 Å². The number of nitrogens with zero attached hydrogens (tertiary/aromatic N) is 1. The van der Waals surface area contributed by atoms with Crippen molar-refractivity contribution in [2.75, 3.05) is 0 Å². The molecule has 3 rings (SSSR count). The van der Waals surface area contributed by atoms with E-state index < -0.39 is 5.41 Å². The predicted octanol–water partition coefficient (Wildman–Crippen LogP) is 7.71. The van der Waals surface area contributed by atoms with Gasteiger partial charge in [0, 0.05) is 42.4 Å². The van der Waals surface area contributed by atoms with Crippen molar-refractivity contribution in [2.45, 2.75) is 62.3 Å². The number of ketones is 1. The summed E-state index contributed by atoms with van der Waals surface area (Å²) in [5.74, 6) is 0.104. The second kappa shape index (κ2) is 11.2. The van der Waals surface area contributed by atoms with Gasteiger partial charge < -0.3 is 5.11 Å². The van der Waals surface area contributed by atoms with Crippen molar-refractivity contribution in [1.82, 2.24) is 4.98 Å². The van der Waals surface area contributed by atoms with Crippen molar-refractivity contribution < 1.29 is 30.0 Å². The van der Waals surface area contributed by atoms with Gasteiger partial charge >= 0.3 is 0 Å². The van der Waals surface area contributed by atoms with Crippen LogP contribution in [0.5, 0.6) is 0 Å². The molecule has 0 unspecified atom stereocenters. The van der Waals surface area contributed by atoms with E-state index in [4.69, 9.17) is 4.98 Å². The minimum Gasteiger partial charge on any atom is -0.512 e. The molecular weight excluding hydrogens is 587 g/mol. The van der Waals surface area contributed by atoms with Crippen molar-refractivity contribution in [1.29, 1.82) is 0 Å². The van der Waals surface area contributed by atoms with Crippen LogP contribution in [0.25, 0.3) is 22.2 Å². The number of aliphatic hydroxyl groups is 1. The standard InChI is InChI=1S/C18H16N.C11H20O2.Ir/c1-12-8-9-13(2)16(10-12)18-11-14(3)15-6-4-5-7-17(15)19-18;1-10(2,3)8(12)7-9(13)11(4,5)6;/h4-9,11H,1-3H3;7,12H,1-6H3;/q-1;;/b;8-7-;. The van der Waals surface area contributed by atoms with E-state index in [2.05, 4.69) is 63.2 Å². The van der Waals surface area contributed by atoms with Gasteiger partial charge in [-0.15, -0.1) is 34.9 Å². The Morgan fingerprint density at radius 3 is 2.09 bits per heavy atom. The first-order chi connectivity index (χ1) is 14.7. The second-order valence-electron chi connectivity index (χ2n) is 10.4. The van der Waals surface area contributed by atoms with Crippen molar-refractivity contribution >= 4 is 16.7 Å². The molecule has 3 aromatic rings. The summed E-state index contributed by atoms with van der Waals surface area (Å²) in [6, 6.07) is 18.1. The van der Waals surface area contributed by atoms with E-state index in [0.717, 1.165) is 22.3 Å². The molecule has 0 spiro atoms. The summed E-state index contributed by atoms with van der Waals surface area (Å²) < 4.78 is 0. The summed E-state index contributed by atoms with van der Waals surface area (Å²) in [7, 11) is 0. The Labute approximate surface area is 212 Å². The van der Waals surface area contributed by atoms with Gasteiger partial charge in [-0.25, -0.2) is 0 Å². The molecule has 1 aromatic heterocycles. The van der Waals surface area contributed by atoms with Crippen LogP contribution < -0.4 is 0 Å². The molecule has 0 fully saturated rings. The number of carbonyl (C=O) groups excluding carboxylic acids is 1. The maximum atomic E-state index is 11.5. The van der Waals surface area contributed by atoms with Crippen LogP contribution in [0.2, 0.25) is 0 Å².